The van der Waals surface area contributed by atoms with Gasteiger partial charge in [-0.15, -0.1) is 0 Å². The second kappa shape index (κ2) is 6.20. The third kappa shape index (κ3) is 3.35. The summed E-state index contributed by atoms with van der Waals surface area (Å²) in [5, 5.41) is 7.32. The molecule has 2 rings (SSSR count). The lowest BCUT2D eigenvalue weighted by molar-refractivity contribution is -0.963. The molecule has 0 radical (unpaired) electrons. The Balaban J connectivity index is 1.95. The van der Waals surface area contributed by atoms with E-state index in [9.17, 15) is 0 Å². The Morgan fingerprint density at radius 2 is 1.89 bits per heavy atom. The summed E-state index contributed by atoms with van der Waals surface area (Å²) in [4.78, 5) is 1.88. The van der Waals surface area contributed by atoms with Gasteiger partial charge in [0.15, 0.2) is 5.11 Å². The lowest BCUT2D eigenvalue weighted by Crippen LogP contribution is -3.21. The summed E-state index contributed by atoms with van der Waals surface area (Å²) in [5.41, 5.74) is 0. The molecule has 2 aliphatic heterocycles. The molecule has 0 aromatic heterocycles. The van der Waals surface area contributed by atoms with Crippen LogP contribution in [-0.2, 0) is 0 Å². The maximum absolute atomic E-state index is 5.24. The molecule has 2 saturated heterocycles. The Morgan fingerprint density at radius 3 is 2.39 bits per heavy atom. The lowest BCUT2D eigenvalue weighted by atomic mass is 9.81. The first kappa shape index (κ1) is 14.1. The van der Waals surface area contributed by atoms with Gasteiger partial charge in [0.25, 0.3) is 0 Å². The molecule has 0 aromatic rings. The van der Waals surface area contributed by atoms with Crippen molar-refractivity contribution in [3.05, 3.63) is 0 Å². The minimum absolute atomic E-state index is 0.594. The van der Waals surface area contributed by atoms with E-state index < -0.39 is 0 Å². The van der Waals surface area contributed by atoms with Crippen molar-refractivity contribution in [2.45, 2.75) is 64.1 Å². The summed E-state index contributed by atoms with van der Waals surface area (Å²) < 4.78 is 0. The highest BCUT2D eigenvalue weighted by molar-refractivity contribution is 7.80. The monoisotopic (exact) mass is 270 g/mol. The summed E-state index contributed by atoms with van der Waals surface area (Å²) >= 11 is 5.24. The summed E-state index contributed by atoms with van der Waals surface area (Å²) in [6.45, 7) is 6.05. The van der Waals surface area contributed by atoms with Gasteiger partial charge >= 0.3 is 0 Å². The minimum Gasteiger partial charge on any atom is -0.366 e. The van der Waals surface area contributed by atoms with Gasteiger partial charge in [0, 0.05) is 31.8 Å². The summed E-state index contributed by atoms with van der Waals surface area (Å²) in [7, 11) is 1.90. The van der Waals surface area contributed by atoms with Gasteiger partial charge in [0.05, 0.1) is 18.6 Å². The number of thiocarbonyl (C=S) groups is 1. The van der Waals surface area contributed by atoms with Crippen LogP contribution < -0.4 is 15.5 Å². The van der Waals surface area contributed by atoms with Crippen molar-refractivity contribution in [3.8, 4) is 0 Å². The summed E-state index contributed by atoms with van der Waals surface area (Å²) in [6.07, 6.45) is 6.83. The van der Waals surface area contributed by atoms with Gasteiger partial charge in [-0.2, -0.15) is 0 Å². The van der Waals surface area contributed by atoms with Crippen LogP contribution in [0.3, 0.4) is 0 Å². The van der Waals surface area contributed by atoms with Crippen LogP contribution in [-0.4, -0.2) is 36.8 Å². The second-order valence-corrected chi connectivity index (χ2v) is 6.80. The van der Waals surface area contributed by atoms with Crippen molar-refractivity contribution in [1.82, 2.24) is 10.6 Å². The molecule has 0 aliphatic carbocycles. The summed E-state index contributed by atoms with van der Waals surface area (Å²) in [6, 6.07) is 2.31. The molecule has 3 nitrogen and oxygen atoms in total. The Bertz CT molecular complexity index is 279. The van der Waals surface area contributed by atoms with Crippen molar-refractivity contribution in [1.29, 1.82) is 0 Å². The van der Waals surface area contributed by atoms with E-state index in [1.54, 1.807) is 0 Å². The van der Waals surface area contributed by atoms with Crippen molar-refractivity contribution in [3.63, 3.8) is 0 Å². The number of quaternary nitrogens is 1. The SMILES string of the molecule is CNC(=S)NC1C[C@H]2CCC[C@@H](C1)[NH+]2CC(C)C. The fourth-order valence-electron chi connectivity index (χ4n) is 3.82. The van der Waals surface area contributed by atoms with Crippen molar-refractivity contribution >= 4 is 17.3 Å². The molecular weight excluding hydrogens is 242 g/mol. The number of hydrogen-bond acceptors (Lipinski definition) is 1. The zero-order valence-corrected chi connectivity index (χ0v) is 12.8. The largest absolute Gasteiger partial charge is 0.366 e. The van der Waals surface area contributed by atoms with Crippen LogP contribution in [0.4, 0.5) is 0 Å². The average Bonchev–Trinajstić information content (AvgIpc) is 2.29. The molecule has 0 aromatic carbocycles. The number of hydrogen-bond donors (Lipinski definition) is 3. The zero-order valence-electron chi connectivity index (χ0n) is 12.0. The standard InChI is InChI=1S/C14H27N3S/c1-10(2)9-17-12-5-4-6-13(17)8-11(7-12)16-14(18)15-3/h10-13H,4-9H2,1-3H3,(H2,15,16,18)/p+1/t11?,12-,13+. The molecule has 2 aliphatic rings. The van der Waals surface area contributed by atoms with E-state index in [1.807, 2.05) is 11.9 Å². The third-order valence-corrected chi connectivity index (χ3v) is 4.82. The van der Waals surface area contributed by atoms with E-state index >= 15 is 0 Å². The average molecular weight is 270 g/mol. The number of piperidine rings is 2. The van der Waals surface area contributed by atoms with Gasteiger partial charge in [-0.3, -0.25) is 0 Å². The Kier molecular flexibility index (Phi) is 4.84. The van der Waals surface area contributed by atoms with Crippen LogP contribution in [0, 0.1) is 5.92 Å². The highest BCUT2D eigenvalue weighted by Gasteiger charge is 2.41. The molecule has 2 heterocycles. The fraction of sp³-hybridized carbons (Fsp3) is 0.929. The molecule has 18 heavy (non-hydrogen) atoms. The molecule has 0 amide bonds. The van der Waals surface area contributed by atoms with Crippen LogP contribution in [0.15, 0.2) is 0 Å². The Hall–Kier alpha value is -0.350. The van der Waals surface area contributed by atoms with Crippen molar-refractivity contribution < 1.29 is 4.90 Å². The van der Waals surface area contributed by atoms with Crippen LogP contribution in [0.25, 0.3) is 0 Å². The minimum atomic E-state index is 0.594. The van der Waals surface area contributed by atoms with Gasteiger partial charge in [-0.25, -0.2) is 0 Å². The van der Waals surface area contributed by atoms with Gasteiger partial charge in [-0.05, 0) is 31.5 Å². The molecule has 3 N–H and O–H groups in total. The molecule has 2 unspecified atom stereocenters. The smallest absolute Gasteiger partial charge is 0.166 e. The quantitative estimate of drug-likeness (QED) is 0.660. The number of fused-ring (bicyclic) bond motifs is 2. The first-order valence-electron chi connectivity index (χ1n) is 7.44. The molecule has 0 spiro atoms. The van der Waals surface area contributed by atoms with Crippen LogP contribution in [0.1, 0.15) is 46.0 Å². The fourth-order valence-corrected chi connectivity index (χ4v) is 3.98. The van der Waals surface area contributed by atoms with E-state index in [4.69, 9.17) is 12.2 Å². The van der Waals surface area contributed by atoms with Crippen LogP contribution >= 0.6 is 12.2 Å². The van der Waals surface area contributed by atoms with Crippen molar-refractivity contribution in [2.24, 2.45) is 5.92 Å². The van der Waals surface area contributed by atoms with E-state index in [0.717, 1.165) is 23.1 Å². The topological polar surface area (TPSA) is 28.5 Å². The van der Waals surface area contributed by atoms with Gasteiger partial charge in [0.2, 0.25) is 0 Å². The summed E-state index contributed by atoms with van der Waals surface area (Å²) in [5.74, 6) is 0.811. The lowest BCUT2D eigenvalue weighted by Gasteiger charge is -2.46. The Labute approximate surface area is 117 Å². The maximum Gasteiger partial charge on any atom is 0.166 e. The van der Waals surface area contributed by atoms with Crippen LogP contribution in [0.2, 0.25) is 0 Å². The zero-order chi connectivity index (χ0) is 13.1. The molecule has 2 fully saturated rings. The van der Waals surface area contributed by atoms with Crippen molar-refractivity contribution in [2.75, 3.05) is 13.6 Å². The molecular formula is C14H28N3S+. The first-order chi connectivity index (χ1) is 8.60. The normalized spacial score (nSPS) is 35.3. The molecule has 104 valence electrons. The van der Waals surface area contributed by atoms with Gasteiger partial charge in [0.1, 0.15) is 0 Å². The van der Waals surface area contributed by atoms with Gasteiger partial charge < -0.3 is 15.5 Å². The predicted molar refractivity (Wildman–Crippen MR) is 79.9 cm³/mol. The highest BCUT2D eigenvalue weighted by atomic mass is 32.1. The van der Waals surface area contributed by atoms with Crippen LogP contribution in [0.5, 0.6) is 0 Å². The van der Waals surface area contributed by atoms with E-state index in [2.05, 4.69) is 24.5 Å². The molecule has 4 atom stereocenters. The molecule has 4 heteroatoms. The van der Waals surface area contributed by atoms with E-state index in [-0.39, 0.29) is 0 Å². The molecule has 0 saturated carbocycles. The Morgan fingerprint density at radius 1 is 1.28 bits per heavy atom. The predicted octanol–water partition coefficient (Wildman–Crippen LogP) is 0.705. The molecule has 2 bridgehead atoms. The number of rotatable bonds is 3. The van der Waals surface area contributed by atoms with Gasteiger partial charge in [-0.1, -0.05) is 13.8 Å². The van der Waals surface area contributed by atoms with E-state index in [1.165, 1.54) is 38.6 Å². The second-order valence-electron chi connectivity index (χ2n) is 6.39. The first-order valence-corrected chi connectivity index (χ1v) is 7.84. The highest BCUT2D eigenvalue weighted by Crippen LogP contribution is 2.22. The third-order valence-electron chi connectivity index (χ3n) is 4.50. The maximum atomic E-state index is 5.24. The number of nitrogens with one attached hydrogen (secondary N) is 3. The van der Waals surface area contributed by atoms with E-state index in [0.29, 0.717) is 6.04 Å².